The van der Waals surface area contributed by atoms with Gasteiger partial charge in [-0.15, -0.1) is 0 Å². The molecule has 6 heteroatoms. The molecule has 0 saturated carbocycles. The lowest BCUT2D eigenvalue weighted by Gasteiger charge is -2.26. The van der Waals surface area contributed by atoms with E-state index in [-0.39, 0.29) is 17.5 Å². The number of nitriles is 1. The molecular formula is C22H22N2O4. The quantitative estimate of drug-likeness (QED) is 0.418. The molecule has 0 aliphatic heterocycles. The van der Waals surface area contributed by atoms with Gasteiger partial charge >= 0.3 is 5.97 Å². The van der Waals surface area contributed by atoms with Crippen molar-refractivity contribution in [2.75, 3.05) is 18.6 Å². The molecule has 144 valence electrons. The van der Waals surface area contributed by atoms with Gasteiger partial charge in [-0.1, -0.05) is 30.3 Å². The molecule has 0 radical (unpaired) electrons. The average molecular weight is 378 g/mol. The number of carbonyl (C=O) groups is 2. The van der Waals surface area contributed by atoms with Gasteiger partial charge in [0.15, 0.2) is 6.61 Å². The Bertz CT molecular complexity index is 881. The molecule has 6 nitrogen and oxygen atoms in total. The second-order valence-corrected chi connectivity index (χ2v) is 6.21. The Hall–Kier alpha value is -3.59. The first-order valence-electron chi connectivity index (χ1n) is 8.76. The summed E-state index contributed by atoms with van der Waals surface area (Å²) in [5, 5.41) is 9.26. The molecule has 0 spiro atoms. The Labute approximate surface area is 164 Å². The Morgan fingerprint density at radius 3 is 2.29 bits per heavy atom. The summed E-state index contributed by atoms with van der Waals surface area (Å²) >= 11 is 0. The SMILES string of the molecule is COc1ccc(/C=C(\C#N)C(=O)OCC(=O)N(c2ccccc2)C(C)C)cc1. The highest BCUT2D eigenvalue weighted by Gasteiger charge is 2.21. The maximum absolute atomic E-state index is 12.6. The number of carbonyl (C=O) groups excluding carboxylic acids is 2. The lowest BCUT2D eigenvalue weighted by atomic mass is 10.1. The van der Waals surface area contributed by atoms with Crippen LogP contribution in [0, 0.1) is 11.3 Å². The number of amides is 1. The van der Waals surface area contributed by atoms with Crippen LogP contribution in [0.4, 0.5) is 5.69 Å². The van der Waals surface area contributed by atoms with Gasteiger partial charge in [-0.05, 0) is 49.8 Å². The number of esters is 1. The smallest absolute Gasteiger partial charge is 0.349 e. The number of methoxy groups -OCH3 is 1. The molecule has 28 heavy (non-hydrogen) atoms. The number of hydrogen-bond acceptors (Lipinski definition) is 5. The third-order valence-corrected chi connectivity index (χ3v) is 3.91. The van der Waals surface area contributed by atoms with Gasteiger partial charge < -0.3 is 14.4 Å². The zero-order valence-corrected chi connectivity index (χ0v) is 16.1. The average Bonchev–Trinajstić information content (AvgIpc) is 2.71. The van der Waals surface area contributed by atoms with Gasteiger partial charge in [-0.2, -0.15) is 5.26 Å². The molecule has 2 aromatic rings. The van der Waals surface area contributed by atoms with E-state index in [9.17, 15) is 14.9 Å². The zero-order chi connectivity index (χ0) is 20.5. The van der Waals surface area contributed by atoms with Gasteiger partial charge in [0, 0.05) is 11.7 Å². The summed E-state index contributed by atoms with van der Waals surface area (Å²) in [6, 6.07) is 17.7. The maximum Gasteiger partial charge on any atom is 0.349 e. The van der Waals surface area contributed by atoms with Crippen LogP contribution in [0.15, 0.2) is 60.2 Å². The number of benzene rings is 2. The molecular weight excluding hydrogens is 356 g/mol. The second-order valence-electron chi connectivity index (χ2n) is 6.21. The van der Waals surface area contributed by atoms with Crippen LogP contribution in [-0.4, -0.2) is 31.6 Å². The molecule has 0 aliphatic rings. The molecule has 0 N–H and O–H groups in total. The first kappa shape index (κ1) is 20.7. The minimum Gasteiger partial charge on any atom is -0.497 e. The van der Waals surface area contributed by atoms with Crippen molar-refractivity contribution in [2.24, 2.45) is 0 Å². The monoisotopic (exact) mass is 378 g/mol. The lowest BCUT2D eigenvalue weighted by Crippen LogP contribution is -2.40. The van der Waals surface area contributed by atoms with E-state index in [0.29, 0.717) is 17.0 Å². The van der Waals surface area contributed by atoms with Crippen LogP contribution < -0.4 is 9.64 Å². The Morgan fingerprint density at radius 1 is 1.11 bits per heavy atom. The molecule has 1 amide bonds. The minimum absolute atomic E-state index is 0.112. The number of rotatable bonds is 7. The molecule has 0 saturated heterocycles. The molecule has 0 unspecified atom stereocenters. The highest BCUT2D eigenvalue weighted by Crippen LogP contribution is 2.17. The van der Waals surface area contributed by atoms with E-state index in [2.05, 4.69) is 0 Å². The van der Waals surface area contributed by atoms with Crippen molar-refractivity contribution in [1.82, 2.24) is 0 Å². The second kappa shape index (κ2) is 9.93. The van der Waals surface area contributed by atoms with Crippen LogP contribution in [0.1, 0.15) is 19.4 Å². The molecule has 2 aromatic carbocycles. The summed E-state index contributed by atoms with van der Waals surface area (Å²) in [4.78, 5) is 26.3. The molecule has 0 atom stereocenters. The largest absolute Gasteiger partial charge is 0.497 e. The van der Waals surface area contributed by atoms with E-state index < -0.39 is 12.6 Å². The summed E-state index contributed by atoms with van der Waals surface area (Å²) in [7, 11) is 1.55. The summed E-state index contributed by atoms with van der Waals surface area (Å²) < 4.78 is 10.2. The third kappa shape index (κ3) is 5.45. The zero-order valence-electron chi connectivity index (χ0n) is 16.1. The van der Waals surface area contributed by atoms with Crippen molar-refractivity contribution >= 4 is 23.6 Å². The fraction of sp³-hybridized carbons (Fsp3) is 0.227. The van der Waals surface area contributed by atoms with E-state index in [1.165, 1.54) is 6.08 Å². The van der Waals surface area contributed by atoms with E-state index in [1.807, 2.05) is 50.2 Å². The van der Waals surface area contributed by atoms with Crippen molar-refractivity contribution in [3.8, 4) is 11.8 Å². The fourth-order valence-electron chi connectivity index (χ4n) is 2.60. The van der Waals surface area contributed by atoms with Crippen molar-refractivity contribution in [3.05, 3.63) is 65.7 Å². The van der Waals surface area contributed by atoms with Crippen LogP contribution in [0.5, 0.6) is 5.75 Å². The predicted molar refractivity (Wildman–Crippen MR) is 107 cm³/mol. The number of nitrogens with zero attached hydrogens (tertiary/aromatic N) is 2. The standard InChI is InChI=1S/C22H22N2O4/c1-16(2)24(19-7-5-4-6-8-19)21(25)15-28-22(26)18(14-23)13-17-9-11-20(27-3)12-10-17/h4-13,16H,15H2,1-3H3/b18-13+. The van der Waals surface area contributed by atoms with E-state index >= 15 is 0 Å². The van der Waals surface area contributed by atoms with Gasteiger partial charge in [-0.25, -0.2) is 4.79 Å². The highest BCUT2D eigenvalue weighted by atomic mass is 16.5. The molecule has 0 fully saturated rings. The van der Waals surface area contributed by atoms with Crippen molar-refractivity contribution in [3.63, 3.8) is 0 Å². The number of ether oxygens (including phenoxy) is 2. The number of anilines is 1. The van der Waals surface area contributed by atoms with Crippen LogP contribution in [-0.2, 0) is 14.3 Å². The molecule has 0 aliphatic carbocycles. The van der Waals surface area contributed by atoms with Gasteiger partial charge in [0.25, 0.3) is 5.91 Å². The minimum atomic E-state index is -0.844. The van der Waals surface area contributed by atoms with E-state index in [0.717, 1.165) is 0 Å². The first-order chi connectivity index (χ1) is 13.5. The predicted octanol–water partition coefficient (Wildman–Crippen LogP) is 3.59. The fourth-order valence-corrected chi connectivity index (χ4v) is 2.60. The highest BCUT2D eigenvalue weighted by molar-refractivity contribution is 6.00. The Morgan fingerprint density at radius 2 is 1.75 bits per heavy atom. The lowest BCUT2D eigenvalue weighted by molar-refractivity contribution is -0.143. The molecule has 0 aromatic heterocycles. The van der Waals surface area contributed by atoms with Crippen molar-refractivity contribution in [1.29, 1.82) is 5.26 Å². The van der Waals surface area contributed by atoms with Crippen LogP contribution >= 0.6 is 0 Å². The summed E-state index contributed by atoms with van der Waals surface area (Å²) in [6.45, 7) is 3.29. The van der Waals surface area contributed by atoms with E-state index in [4.69, 9.17) is 9.47 Å². The Kier molecular flexibility index (Phi) is 7.35. The summed E-state index contributed by atoms with van der Waals surface area (Å²) in [5.74, 6) is -0.543. The van der Waals surface area contributed by atoms with Crippen molar-refractivity contribution in [2.45, 2.75) is 19.9 Å². The number of hydrogen-bond donors (Lipinski definition) is 0. The topological polar surface area (TPSA) is 79.6 Å². The summed E-state index contributed by atoms with van der Waals surface area (Å²) in [5.41, 5.74) is 1.18. The van der Waals surface area contributed by atoms with Crippen molar-refractivity contribution < 1.29 is 19.1 Å². The normalized spacial score (nSPS) is 10.9. The van der Waals surface area contributed by atoms with Gasteiger partial charge in [0.05, 0.1) is 7.11 Å². The Balaban J connectivity index is 2.06. The van der Waals surface area contributed by atoms with E-state index in [1.54, 1.807) is 36.3 Å². The maximum atomic E-state index is 12.6. The molecule has 2 rings (SSSR count). The summed E-state index contributed by atoms with van der Waals surface area (Å²) in [6.07, 6.45) is 1.41. The third-order valence-electron chi connectivity index (χ3n) is 3.91. The number of para-hydroxylation sites is 1. The van der Waals surface area contributed by atoms with Crippen LogP contribution in [0.25, 0.3) is 6.08 Å². The molecule has 0 heterocycles. The van der Waals surface area contributed by atoms with Gasteiger partial charge in [0.1, 0.15) is 17.4 Å². The van der Waals surface area contributed by atoms with Crippen LogP contribution in [0.2, 0.25) is 0 Å². The first-order valence-corrected chi connectivity index (χ1v) is 8.76. The van der Waals surface area contributed by atoms with Gasteiger partial charge in [-0.3, -0.25) is 4.79 Å². The molecule has 0 bridgehead atoms. The van der Waals surface area contributed by atoms with Gasteiger partial charge in [0.2, 0.25) is 0 Å². The van der Waals surface area contributed by atoms with Crippen LogP contribution in [0.3, 0.4) is 0 Å².